The highest BCUT2D eigenvalue weighted by Gasteiger charge is 2.19. The van der Waals surface area contributed by atoms with Crippen molar-refractivity contribution in [2.45, 2.75) is 13.5 Å². The van der Waals surface area contributed by atoms with Crippen LogP contribution in [0.2, 0.25) is 0 Å². The third-order valence-corrected chi connectivity index (χ3v) is 5.62. The average molecular weight is 517 g/mol. The molecule has 1 aromatic heterocycles. The van der Waals surface area contributed by atoms with Crippen LogP contribution in [0.1, 0.15) is 12.5 Å². The van der Waals surface area contributed by atoms with Gasteiger partial charge in [-0.25, -0.2) is 4.68 Å². The molecule has 1 amide bonds. The second-order valence-electron chi connectivity index (χ2n) is 8.32. The number of carbonyl (C=O) groups is 1. The summed E-state index contributed by atoms with van der Waals surface area (Å²) in [6.07, 6.45) is 0. The quantitative estimate of drug-likeness (QED) is 0.279. The van der Waals surface area contributed by atoms with Crippen LogP contribution in [-0.4, -0.2) is 53.9 Å². The molecular weight excluding hydrogens is 488 g/mol. The van der Waals surface area contributed by atoms with Crippen molar-refractivity contribution in [3.63, 3.8) is 0 Å². The molecule has 5 rings (SSSR count). The Balaban J connectivity index is 1.28. The lowest BCUT2D eigenvalue weighted by molar-refractivity contribution is -0.121. The van der Waals surface area contributed by atoms with Gasteiger partial charge in [0, 0.05) is 17.9 Å². The van der Waals surface area contributed by atoms with Crippen LogP contribution in [0.25, 0.3) is 17.1 Å². The minimum Gasteiger partial charge on any atom is -0.460 e. The van der Waals surface area contributed by atoms with Crippen molar-refractivity contribution in [1.82, 2.24) is 14.8 Å². The third kappa shape index (κ3) is 6.28. The van der Waals surface area contributed by atoms with Crippen molar-refractivity contribution >= 4 is 11.6 Å². The molecule has 4 aromatic rings. The lowest BCUT2D eigenvalue weighted by atomic mass is 10.2. The van der Waals surface area contributed by atoms with E-state index in [-0.39, 0.29) is 25.3 Å². The molecule has 0 aliphatic carbocycles. The van der Waals surface area contributed by atoms with Gasteiger partial charge in [0.25, 0.3) is 0 Å². The van der Waals surface area contributed by atoms with Crippen LogP contribution < -0.4 is 19.5 Å². The first-order chi connectivity index (χ1) is 18.7. The van der Waals surface area contributed by atoms with E-state index in [2.05, 4.69) is 15.4 Å². The van der Waals surface area contributed by atoms with E-state index in [0.29, 0.717) is 49.4 Å². The van der Waals surface area contributed by atoms with Crippen LogP contribution in [0.4, 0.5) is 5.69 Å². The highest BCUT2D eigenvalue weighted by Crippen LogP contribution is 2.36. The Morgan fingerprint density at radius 3 is 2.61 bits per heavy atom. The summed E-state index contributed by atoms with van der Waals surface area (Å²) in [5.74, 6) is 1.66. The monoisotopic (exact) mass is 516 g/mol. The number of hydrogen-bond acceptors (Lipinski definition) is 8. The van der Waals surface area contributed by atoms with Gasteiger partial charge in [0.15, 0.2) is 17.3 Å². The average Bonchev–Trinajstić information content (AvgIpc) is 3.59. The van der Waals surface area contributed by atoms with Gasteiger partial charge in [0.1, 0.15) is 13.2 Å². The molecule has 0 atom stereocenters. The maximum Gasteiger partial charge on any atom is 0.336 e. The molecule has 0 fully saturated rings. The molecular formula is C28H28N4O6. The molecule has 10 heteroatoms. The summed E-state index contributed by atoms with van der Waals surface area (Å²) in [6, 6.07) is 22.8. The van der Waals surface area contributed by atoms with Gasteiger partial charge in [-0.1, -0.05) is 30.3 Å². The third-order valence-electron chi connectivity index (χ3n) is 5.62. The maximum atomic E-state index is 12.3. The Morgan fingerprint density at radius 1 is 0.974 bits per heavy atom. The zero-order valence-corrected chi connectivity index (χ0v) is 21.0. The summed E-state index contributed by atoms with van der Waals surface area (Å²) in [5.41, 5.74) is 3.18. The van der Waals surface area contributed by atoms with Crippen LogP contribution >= 0.6 is 0 Å². The largest absolute Gasteiger partial charge is 0.460 e. The number of benzene rings is 3. The molecule has 1 aliphatic rings. The van der Waals surface area contributed by atoms with E-state index in [9.17, 15) is 4.79 Å². The van der Waals surface area contributed by atoms with Crippen molar-refractivity contribution < 1.29 is 28.5 Å². The number of amides is 1. The predicted molar refractivity (Wildman–Crippen MR) is 140 cm³/mol. The van der Waals surface area contributed by atoms with Gasteiger partial charge in [-0.15, -0.1) is 5.10 Å². The van der Waals surface area contributed by atoms with E-state index in [4.69, 9.17) is 23.7 Å². The Morgan fingerprint density at radius 2 is 1.79 bits per heavy atom. The number of ether oxygens (including phenoxy) is 5. The van der Waals surface area contributed by atoms with Crippen LogP contribution in [0, 0.1) is 0 Å². The smallest absolute Gasteiger partial charge is 0.336 e. The Hall–Kier alpha value is -4.41. The Bertz CT molecular complexity index is 1360. The molecule has 0 spiro atoms. The second kappa shape index (κ2) is 12.2. The van der Waals surface area contributed by atoms with Gasteiger partial charge in [0.05, 0.1) is 18.9 Å². The molecule has 0 saturated heterocycles. The molecule has 0 radical (unpaired) electrons. The minimum atomic E-state index is -0.236. The van der Waals surface area contributed by atoms with E-state index in [1.807, 2.05) is 67.6 Å². The first kappa shape index (κ1) is 25.2. The SMILES string of the molecule is CCOCCOc1nc(-c2ccc3c(c2)OCO3)n(-c2ccc(NC(=O)COCc3ccccc3)cc2)n1. The highest BCUT2D eigenvalue weighted by atomic mass is 16.7. The van der Waals surface area contributed by atoms with Gasteiger partial charge in [-0.3, -0.25) is 4.79 Å². The van der Waals surface area contributed by atoms with Crippen LogP contribution in [0.3, 0.4) is 0 Å². The highest BCUT2D eigenvalue weighted by molar-refractivity contribution is 5.91. The Kier molecular flexibility index (Phi) is 8.12. The zero-order chi connectivity index (χ0) is 26.2. The molecule has 1 aliphatic heterocycles. The second-order valence-corrected chi connectivity index (χ2v) is 8.32. The lowest BCUT2D eigenvalue weighted by Crippen LogP contribution is -2.18. The van der Waals surface area contributed by atoms with Gasteiger partial charge < -0.3 is 29.0 Å². The minimum absolute atomic E-state index is 0.0452. The van der Waals surface area contributed by atoms with Crippen LogP contribution in [0.5, 0.6) is 17.5 Å². The van der Waals surface area contributed by atoms with E-state index < -0.39 is 0 Å². The molecule has 0 bridgehead atoms. The molecule has 38 heavy (non-hydrogen) atoms. The number of aromatic nitrogens is 3. The maximum absolute atomic E-state index is 12.3. The Labute approximate surface area is 220 Å². The van der Waals surface area contributed by atoms with Crippen molar-refractivity contribution in [3.8, 4) is 34.6 Å². The van der Waals surface area contributed by atoms with E-state index in [1.165, 1.54) is 0 Å². The van der Waals surface area contributed by atoms with Crippen LogP contribution in [0.15, 0.2) is 72.8 Å². The first-order valence-corrected chi connectivity index (χ1v) is 12.3. The molecule has 0 unspecified atom stereocenters. The fourth-order valence-electron chi connectivity index (χ4n) is 3.81. The van der Waals surface area contributed by atoms with E-state index in [1.54, 1.807) is 16.8 Å². The number of nitrogens with one attached hydrogen (secondary N) is 1. The molecule has 10 nitrogen and oxygen atoms in total. The zero-order valence-electron chi connectivity index (χ0n) is 21.0. The van der Waals surface area contributed by atoms with Gasteiger partial charge in [-0.2, -0.15) is 4.98 Å². The summed E-state index contributed by atoms with van der Waals surface area (Å²) < 4.78 is 29.2. The summed E-state index contributed by atoms with van der Waals surface area (Å²) in [5, 5.41) is 7.40. The van der Waals surface area contributed by atoms with Gasteiger partial charge in [0.2, 0.25) is 12.7 Å². The molecule has 196 valence electrons. The summed E-state index contributed by atoms with van der Waals surface area (Å²) in [7, 11) is 0. The topological polar surface area (TPSA) is 106 Å². The lowest BCUT2D eigenvalue weighted by Gasteiger charge is -2.09. The van der Waals surface area contributed by atoms with Crippen molar-refractivity contribution in [3.05, 3.63) is 78.4 Å². The van der Waals surface area contributed by atoms with Gasteiger partial charge >= 0.3 is 6.01 Å². The molecule has 0 saturated carbocycles. The number of rotatable bonds is 12. The number of hydrogen-bond donors (Lipinski definition) is 1. The fourth-order valence-corrected chi connectivity index (χ4v) is 3.81. The molecule has 1 N–H and O–H groups in total. The number of anilines is 1. The van der Waals surface area contributed by atoms with Crippen molar-refractivity contribution in [2.75, 3.05) is 38.5 Å². The van der Waals surface area contributed by atoms with E-state index >= 15 is 0 Å². The van der Waals surface area contributed by atoms with Gasteiger partial charge in [-0.05, 0) is 55.0 Å². The van der Waals surface area contributed by atoms with E-state index in [0.717, 1.165) is 16.8 Å². The first-order valence-electron chi connectivity index (χ1n) is 12.3. The standard InChI is InChI=1S/C28H28N4O6/c1-2-34-14-15-36-28-30-27(21-8-13-24-25(16-21)38-19-37-24)32(31-28)23-11-9-22(10-12-23)29-26(33)18-35-17-20-6-4-3-5-7-20/h3-13,16H,2,14-15,17-19H2,1H3,(H,29,33). The van der Waals surface area contributed by atoms with Crippen LogP contribution in [-0.2, 0) is 20.9 Å². The van der Waals surface area contributed by atoms with Crippen molar-refractivity contribution in [2.24, 2.45) is 0 Å². The summed E-state index contributed by atoms with van der Waals surface area (Å²) >= 11 is 0. The summed E-state index contributed by atoms with van der Waals surface area (Å²) in [6.45, 7) is 3.81. The predicted octanol–water partition coefficient (Wildman–Crippen LogP) is 4.23. The normalized spacial score (nSPS) is 11.9. The fraction of sp³-hybridized carbons (Fsp3) is 0.250. The van der Waals surface area contributed by atoms with Crippen molar-refractivity contribution in [1.29, 1.82) is 0 Å². The molecule has 3 aromatic carbocycles. The number of nitrogens with zero attached hydrogens (tertiary/aromatic N) is 3. The molecule has 2 heterocycles. The summed E-state index contributed by atoms with van der Waals surface area (Å²) in [4.78, 5) is 16.9. The number of fused-ring (bicyclic) bond motifs is 1. The number of carbonyl (C=O) groups excluding carboxylic acids is 1.